The second kappa shape index (κ2) is 3.46. The second-order valence-electron chi connectivity index (χ2n) is 0.995. The van der Waals surface area contributed by atoms with Crippen LogP contribution in [0.4, 0.5) is 0 Å². The molecule has 0 aliphatic heterocycles. The summed E-state index contributed by atoms with van der Waals surface area (Å²) in [7, 11) is -2.65. The Labute approximate surface area is 51.4 Å². The molecule has 0 aromatic rings. The maximum atomic E-state index is 10.3. The van der Waals surface area contributed by atoms with Crippen molar-refractivity contribution in [2.45, 2.75) is 0 Å². The molecule has 0 saturated heterocycles. The minimum atomic E-state index is -3.51. The molecule has 0 saturated carbocycles. The van der Waals surface area contributed by atoms with Gasteiger partial charge in [-0.2, -0.15) is 0 Å². The Bertz CT molecular complexity index is 123. The lowest BCUT2D eigenvalue weighted by Crippen LogP contribution is -1.87. The van der Waals surface area contributed by atoms with E-state index in [0.29, 0.717) is 0 Å². The lowest BCUT2D eigenvalue weighted by Gasteiger charge is -2.02. The van der Waals surface area contributed by atoms with Crippen LogP contribution in [-0.2, 0) is 13.2 Å². The van der Waals surface area contributed by atoms with Crippen molar-refractivity contribution in [1.29, 1.82) is 0 Å². The number of hydrogen-bond donors (Lipinski definition) is 1. The van der Waals surface area contributed by atoms with E-state index in [1.165, 1.54) is 0 Å². The summed E-state index contributed by atoms with van der Waals surface area (Å²) in [4.78, 5) is 8.44. The van der Waals surface area contributed by atoms with Gasteiger partial charge in [0.15, 0.2) is 0 Å². The molecule has 0 heterocycles. The van der Waals surface area contributed by atoms with E-state index in [1.807, 2.05) is 9.24 Å². The molecule has 0 bridgehead atoms. The van der Waals surface area contributed by atoms with Gasteiger partial charge in [-0.25, -0.2) is 4.57 Å². The van der Waals surface area contributed by atoms with Gasteiger partial charge >= 0.3 is 17.2 Å². The number of rotatable bonds is 3. The summed E-state index contributed by atoms with van der Waals surface area (Å²) in [5.41, 5.74) is 0. The fourth-order valence-corrected chi connectivity index (χ4v) is 1.53. The van der Waals surface area contributed by atoms with Gasteiger partial charge in [-0.3, -0.25) is 0 Å². The molecule has 2 atom stereocenters. The Morgan fingerprint density at radius 3 is 2.50 bits per heavy atom. The maximum absolute atomic E-state index is 10.3. The number of hydrogen-bond acceptors (Lipinski definition) is 3. The van der Waals surface area contributed by atoms with Crippen LogP contribution in [0.3, 0.4) is 0 Å². The monoisotopic (exact) mass is 171 g/mol. The third kappa shape index (κ3) is 3.44. The predicted octanol–water partition coefficient (Wildman–Crippen LogP) is -0.0143. The van der Waals surface area contributed by atoms with Gasteiger partial charge in [0.05, 0.1) is 5.90 Å². The SMILES string of the molecule is O=[Si]OP(=O)(O)CP. The molecule has 0 aliphatic rings. The van der Waals surface area contributed by atoms with Crippen molar-refractivity contribution < 1.29 is 18.1 Å². The van der Waals surface area contributed by atoms with Gasteiger partial charge in [0.1, 0.15) is 0 Å². The fraction of sp³-hybridized carbons (Fsp3) is 1.00. The molecule has 47 valence electrons. The lowest BCUT2D eigenvalue weighted by molar-refractivity contribution is 0.378. The van der Waals surface area contributed by atoms with Crippen molar-refractivity contribution in [3.05, 3.63) is 0 Å². The zero-order valence-corrected chi connectivity index (χ0v) is 6.95. The van der Waals surface area contributed by atoms with Crippen LogP contribution in [0.1, 0.15) is 0 Å². The predicted molar refractivity (Wildman–Crippen MR) is 31.9 cm³/mol. The van der Waals surface area contributed by atoms with Gasteiger partial charge in [0.25, 0.3) is 0 Å². The molecule has 0 rings (SSSR count). The minimum Gasteiger partial charge on any atom is -0.454 e. The molecular formula is CH5O4P2Si. The van der Waals surface area contributed by atoms with Crippen molar-refractivity contribution in [2.75, 3.05) is 5.90 Å². The lowest BCUT2D eigenvalue weighted by atomic mass is 11.9. The van der Waals surface area contributed by atoms with Crippen LogP contribution in [0.15, 0.2) is 0 Å². The molecule has 0 amide bonds. The zero-order valence-electron chi connectivity index (χ0n) is 3.90. The van der Waals surface area contributed by atoms with E-state index in [2.05, 4.69) is 4.21 Å². The quantitative estimate of drug-likeness (QED) is 0.479. The molecular weight excluding hydrogens is 166 g/mol. The summed E-state index contributed by atoms with van der Waals surface area (Å²) >= 11 is 0. The van der Waals surface area contributed by atoms with Crippen molar-refractivity contribution in [1.82, 2.24) is 0 Å². The first kappa shape index (κ1) is 8.44. The highest BCUT2D eigenvalue weighted by atomic mass is 31.2. The third-order valence-electron chi connectivity index (χ3n) is 0.411. The standard InChI is InChI=1S/CH5O4P2Si/c2-7(3,1-6)5-8-4/h1,6H2,(H,2,3). The minimum absolute atomic E-state index is 0.0811. The molecule has 2 unspecified atom stereocenters. The van der Waals surface area contributed by atoms with Gasteiger partial charge in [-0.1, -0.05) is 0 Å². The van der Waals surface area contributed by atoms with Crippen molar-refractivity contribution in [3.8, 4) is 0 Å². The van der Waals surface area contributed by atoms with Gasteiger partial charge in [0, 0.05) is 0 Å². The molecule has 7 heteroatoms. The second-order valence-corrected chi connectivity index (χ2v) is 4.63. The Hall–Kier alpha value is 0.437. The first-order chi connectivity index (χ1) is 3.62. The van der Waals surface area contributed by atoms with Crippen LogP contribution in [0.25, 0.3) is 0 Å². The summed E-state index contributed by atoms with van der Waals surface area (Å²) in [6.07, 6.45) is 0. The van der Waals surface area contributed by atoms with E-state index in [1.54, 1.807) is 0 Å². The van der Waals surface area contributed by atoms with Gasteiger partial charge < -0.3 is 13.6 Å². The summed E-state index contributed by atoms with van der Waals surface area (Å²) < 4.78 is 23.8. The molecule has 0 fully saturated rings. The third-order valence-corrected chi connectivity index (χ3v) is 3.70. The molecule has 0 aromatic heterocycles. The fourth-order valence-electron chi connectivity index (χ4n) is 0.0955. The molecule has 1 N–H and O–H groups in total. The summed E-state index contributed by atoms with van der Waals surface area (Å²) in [6, 6.07) is 0. The van der Waals surface area contributed by atoms with Crippen LogP contribution in [0.5, 0.6) is 0 Å². The van der Waals surface area contributed by atoms with Gasteiger partial charge in [-0.15, -0.1) is 9.24 Å². The normalized spacial score (nSPS) is 16.8. The summed E-state index contributed by atoms with van der Waals surface area (Å²) in [6.45, 7) is 0. The first-order valence-corrected chi connectivity index (χ1v) is 5.09. The average Bonchev–Trinajstić information content (AvgIpc) is 1.67. The Morgan fingerprint density at radius 2 is 2.38 bits per heavy atom. The van der Waals surface area contributed by atoms with E-state index in [4.69, 9.17) is 4.89 Å². The van der Waals surface area contributed by atoms with Gasteiger partial charge in [-0.05, 0) is 0 Å². The van der Waals surface area contributed by atoms with Crippen molar-refractivity contribution in [3.63, 3.8) is 0 Å². The highest BCUT2D eigenvalue weighted by Gasteiger charge is 2.14. The van der Waals surface area contributed by atoms with E-state index < -0.39 is 17.2 Å². The molecule has 1 radical (unpaired) electrons. The van der Waals surface area contributed by atoms with Gasteiger partial charge in [0.2, 0.25) is 0 Å². The Balaban J connectivity index is 3.72. The Kier molecular flexibility index (Phi) is 3.65. The molecule has 0 aliphatic carbocycles. The van der Waals surface area contributed by atoms with E-state index in [9.17, 15) is 9.03 Å². The van der Waals surface area contributed by atoms with Crippen LogP contribution < -0.4 is 0 Å². The molecule has 4 nitrogen and oxygen atoms in total. The van der Waals surface area contributed by atoms with Crippen molar-refractivity contribution in [2.24, 2.45) is 0 Å². The van der Waals surface area contributed by atoms with Crippen LogP contribution in [0.2, 0.25) is 0 Å². The molecule has 0 spiro atoms. The average molecular weight is 171 g/mol. The molecule has 8 heavy (non-hydrogen) atoms. The summed E-state index contributed by atoms with van der Waals surface area (Å²) in [5.74, 6) is -0.0811. The van der Waals surface area contributed by atoms with Crippen LogP contribution >= 0.6 is 16.8 Å². The van der Waals surface area contributed by atoms with E-state index >= 15 is 0 Å². The molecule has 0 aromatic carbocycles. The topological polar surface area (TPSA) is 63.6 Å². The van der Waals surface area contributed by atoms with E-state index in [0.717, 1.165) is 0 Å². The van der Waals surface area contributed by atoms with Crippen LogP contribution in [0, 0.1) is 0 Å². The smallest absolute Gasteiger partial charge is 0.454 e. The van der Waals surface area contributed by atoms with Crippen molar-refractivity contribution >= 4 is 26.5 Å². The largest absolute Gasteiger partial charge is 0.600 e. The highest BCUT2D eigenvalue weighted by Crippen LogP contribution is 2.42. The maximum Gasteiger partial charge on any atom is 0.600 e. The first-order valence-electron chi connectivity index (χ1n) is 1.70. The van der Waals surface area contributed by atoms with Crippen LogP contribution in [-0.4, -0.2) is 20.4 Å². The van der Waals surface area contributed by atoms with E-state index in [-0.39, 0.29) is 5.90 Å². The summed E-state index contributed by atoms with van der Waals surface area (Å²) in [5, 5.41) is 0. The highest BCUT2D eigenvalue weighted by molar-refractivity contribution is 7.60. The Morgan fingerprint density at radius 1 is 1.88 bits per heavy atom. The zero-order chi connectivity index (χ0) is 6.62.